The van der Waals surface area contributed by atoms with Crippen LogP contribution in [0.5, 0.6) is 0 Å². The molecule has 0 aliphatic carbocycles. The van der Waals surface area contributed by atoms with Crippen LogP contribution in [0.2, 0.25) is 0 Å². The summed E-state index contributed by atoms with van der Waals surface area (Å²) in [4.78, 5) is 0. The van der Waals surface area contributed by atoms with E-state index in [1.54, 1.807) is 4.68 Å². The van der Waals surface area contributed by atoms with Crippen LogP contribution in [0.3, 0.4) is 0 Å². The van der Waals surface area contributed by atoms with Gasteiger partial charge in [-0.3, -0.25) is 0 Å². The summed E-state index contributed by atoms with van der Waals surface area (Å²) in [6.07, 6.45) is 0.882. The summed E-state index contributed by atoms with van der Waals surface area (Å²) in [5.41, 5.74) is 4.14. The Balaban J connectivity index is 1.57. The zero-order chi connectivity index (χ0) is 16.9. The highest BCUT2D eigenvalue weighted by molar-refractivity contribution is 5.37. The molecule has 0 unspecified atom stereocenters. The lowest BCUT2D eigenvalue weighted by atomic mass is 10.1. The van der Waals surface area contributed by atoms with Crippen molar-refractivity contribution in [2.24, 2.45) is 0 Å². The predicted molar refractivity (Wildman–Crippen MR) is 93.2 cm³/mol. The molecule has 0 radical (unpaired) electrons. The number of hydrogen-bond acceptors (Lipinski definition) is 5. The first-order chi connectivity index (χ1) is 11.7. The van der Waals surface area contributed by atoms with Crippen LogP contribution in [-0.4, -0.2) is 31.6 Å². The van der Waals surface area contributed by atoms with Gasteiger partial charge in [0.15, 0.2) is 5.82 Å². The van der Waals surface area contributed by atoms with Gasteiger partial charge in [-0.05, 0) is 49.6 Å². The van der Waals surface area contributed by atoms with E-state index in [1.807, 2.05) is 56.3 Å². The molecule has 2 heterocycles. The van der Waals surface area contributed by atoms with Gasteiger partial charge in [0.2, 0.25) is 0 Å². The minimum absolute atomic E-state index is 0.0791. The zero-order valence-corrected chi connectivity index (χ0v) is 13.9. The maximum Gasteiger partial charge on any atom is 0.176 e. The Bertz CT molecular complexity index is 793. The minimum atomic E-state index is 0.0791. The highest BCUT2D eigenvalue weighted by Gasteiger charge is 2.05. The van der Waals surface area contributed by atoms with Gasteiger partial charge in [0.05, 0.1) is 12.3 Å². The maximum absolute atomic E-state index is 9.04. The van der Waals surface area contributed by atoms with E-state index in [0.29, 0.717) is 5.82 Å². The quantitative estimate of drug-likeness (QED) is 0.728. The predicted octanol–water partition coefficient (Wildman–Crippen LogP) is 2.43. The number of benzene rings is 1. The Morgan fingerprint density at radius 2 is 1.75 bits per heavy atom. The molecule has 6 heteroatoms. The number of aromatic nitrogens is 4. The lowest BCUT2D eigenvalue weighted by Crippen LogP contribution is -2.09. The second-order valence-corrected chi connectivity index (χ2v) is 5.77. The van der Waals surface area contributed by atoms with Crippen molar-refractivity contribution in [2.45, 2.75) is 26.9 Å². The van der Waals surface area contributed by atoms with E-state index in [-0.39, 0.29) is 6.61 Å². The molecule has 0 aliphatic rings. The largest absolute Gasteiger partial charge is 0.392 e. The van der Waals surface area contributed by atoms with Gasteiger partial charge in [-0.15, -0.1) is 10.2 Å². The molecule has 24 heavy (non-hydrogen) atoms. The van der Waals surface area contributed by atoms with E-state index in [1.165, 1.54) is 5.56 Å². The van der Waals surface area contributed by atoms with Crippen molar-refractivity contribution in [3.8, 4) is 5.82 Å². The van der Waals surface area contributed by atoms with Crippen LogP contribution in [0.1, 0.15) is 22.5 Å². The van der Waals surface area contributed by atoms with Gasteiger partial charge in [-0.25, -0.2) is 4.68 Å². The van der Waals surface area contributed by atoms with Crippen LogP contribution in [-0.2, 0) is 13.0 Å². The standard InChI is InChI=1S/C18H21N5O/c1-13-11-14(2)23(22-13)18-8-7-17(20-21-18)19-10-9-15-3-5-16(12-24)6-4-15/h3-8,11,24H,9-10,12H2,1-2H3,(H,19,20). The molecule has 0 fully saturated rings. The van der Waals surface area contributed by atoms with Crippen LogP contribution >= 0.6 is 0 Å². The SMILES string of the molecule is Cc1cc(C)n(-c2ccc(NCCc3ccc(CO)cc3)nn2)n1. The highest BCUT2D eigenvalue weighted by atomic mass is 16.3. The molecular formula is C18H21N5O. The third-order valence-electron chi connectivity index (χ3n) is 3.80. The van der Waals surface area contributed by atoms with Crippen molar-refractivity contribution in [1.82, 2.24) is 20.0 Å². The summed E-state index contributed by atoms with van der Waals surface area (Å²) < 4.78 is 1.79. The summed E-state index contributed by atoms with van der Waals surface area (Å²) in [6, 6.07) is 13.8. The second kappa shape index (κ2) is 7.23. The van der Waals surface area contributed by atoms with Crippen LogP contribution < -0.4 is 5.32 Å². The van der Waals surface area contributed by atoms with Crippen molar-refractivity contribution < 1.29 is 5.11 Å². The number of anilines is 1. The lowest BCUT2D eigenvalue weighted by Gasteiger charge is -2.07. The first-order valence-electron chi connectivity index (χ1n) is 7.95. The molecule has 0 amide bonds. The fourth-order valence-electron chi connectivity index (χ4n) is 2.54. The average Bonchev–Trinajstić information content (AvgIpc) is 2.94. The first kappa shape index (κ1) is 16.1. The van der Waals surface area contributed by atoms with E-state index in [2.05, 4.69) is 20.6 Å². The molecule has 0 aliphatic heterocycles. The molecule has 3 aromatic rings. The Kier molecular flexibility index (Phi) is 4.86. The van der Waals surface area contributed by atoms with Gasteiger partial charge in [-0.2, -0.15) is 5.10 Å². The Labute approximate surface area is 141 Å². The number of rotatable bonds is 6. The molecule has 2 N–H and O–H groups in total. The van der Waals surface area contributed by atoms with Gasteiger partial charge < -0.3 is 10.4 Å². The fourth-order valence-corrected chi connectivity index (χ4v) is 2.54. The van der Waals surface area contributed by atoms with Gasteiger partial charge in [0.1, 0.15) is 5.82 Å². The molecule has 0 saturated heterocycles. The smallest absolute Gasteiger partial charge is 0.176 e. The van der Waals surface area contributed by atoms with Crippen LogP contribution in [0.4, 0.5) is 5.82 Å². The second-order valence-electron chi connectivity index (χ2n) is 5.77. The normalized spacial score (nSPS) is 10.8. The van der Waals surface area contributed by atoms with Gasteiger partial charge in [0.25, 0.3) is 0 Å². The summed E-state index contributed by atoms with van der Waals surface area (Å²) in [5.74, 6) is 1.46. The van der Waals surface area contributed by atoms with E-state index < -0.39 is 0 Å². The molecule has 3 rings (SSSR count). The van der Waals surface area contributed by atoms with Gasteiger partial charge in [0, 0.05) is 12.2 Å². The first-order valence-corrected chi connectivity index (χ1v) is 7.95. The number of hydrogen-bond donors (Lipinski definition) is 2. The van der Waals surface area contributed by atoms with Crippen LogP contribution in [0.25, 0.3) is 5.82 Å². The number of aliphatic hydroxyl groups excluding tert-OH is 1. The van der Waals surface area contributed by atoms with Crippen LogP contribution in [0, 0.1) is 13.8 Å². The fraction of sp³-hybridized carbons (Fsp3) is 0.278. The number of nitrogens with one attached hydrogen (secondary N) is 1. The van der Waals surface area contributed by atoms with Crippen LogP contribution in [0.15, 0.2) is 42.5 Å². The van der Waals surface area contributed by atoms with Gasteiger partial charge in [-0.1, -0.05) is 24.3 Å². The maximum atomic E-state index is 9.04. The zero-order valence-electron chi connectivity index (χ0n) is 13.9. The summed E-state index contributed by atoms with van der Waals surface area (Å²) in [5, 5.41) is 25.2. The topological polar surface area (TPSA) is 75.9 Å². The molecule has 124 valence electrons. The molecule has 1 aromatic carbocycles. The molecule has 6 nitrogen and oxygen atoms in total. The Morgan fingerprint density at radius 1 is 1.00 bits per heavy atom. The van der Waals surface area contributed by atoms with Crippen molar-refractivity contribution >= 4 is 5.82 Å². The van der Waals surface area contributed by atoms with E-state index in [9.17, 15) is 0 Å². The summed E-state index contributed by atoms with van der Waals surface area (Å²) in [7, 11) is 0. The lowest BCUT2D eigenvalue weighted by molar-refractivity contribution is 0.282. The monoisotopic (exact) mass is 323 g/mol. The minimum Gasteiger partial charge on any atom is -0.392 e. The van der Waals surface area contributed by atoms with Gasteiger partial charge >= 0.3 is 0 Å². The third-order valence-corrected chi connectivity index (χ3v) is 3.80. The number of aryl methyl sites for hydroxylation is 2. The van der Waals surface area contributed by atoms with Crippen molar-refractivity contribution in [2.75, 3.05) is 11.9 Å². The van der Waals surface area contributed by atoms with Crippen molar-refractivity contribution in [3.63, 3.8) is 0 Å². The molecule has 0 atom stereocenters. The molecular weight excluding hydrogens is 302 g/mol. The summed E-state index contributed by atoms with van der Waals surface area (Å²) >= 11 is 0. The number of nitrogens with zero attached hydrogens (tertiary/aromatic N) is 4. The average molecular weight is 323 g/mol. The molecule has 0 bridgehead atoms. The molecule has 0 saturated carbocycles. The highest BCUT2D eigenvalue weighted by Crippen LogP contribution is 2.11. The number of aliphatic hydroxyl groups is 1. The third kappa shape index (κ3) is 3.78. The van der Waals surface area contributed by atoms with Crippen molar-refractivity contribution in [3.05, 3.63) is 65.0 Å². The molecule has 0 spiro atoms. The Morgan fingerprint density at radius 3 is 2.33 bits per heavy atom. The van der Waals surface area contributed by atoms with E-state index in [0.717, 1.165) is 35.7 Å². The van der Waals surface area contributed by atoms with E-state index in [4.69, 9.17) is 5.11 Å². The van der Waals surface area contributed by atoms with Crippen molar-refractivity contribution in [1.29, 1.82) is 0 Å². The summed E-state index contributed by atoms with van der Waals surface area (Å²) in [6.45, 7) is 4.80. The molecule has 2 aromatic heterocycles. The van der Waals surface area contributed by atoms with E-state index >= 15 is 0 Å². The Hall–Kier alpha value is -2.73.